The number of rotatable bonds is 5. The molecule has 0 amide bonds. The normalized spacial score (nSPS) is 11.4. The molecule has 0 aliphatic heterocycles. The van der Waals surface area contributed by atoms with Gasteiger partial charge in [0, 0.05) is 20.1 Å². The van der Waals surface area contributed by atoms with Gasteiger partial charge >= 0.3 is 5.97 Å². The molecule has 0 rings (SSSR count). The molecule has 0 heterocycles. The first-order valence-corrected chi connectivity index (χ1v) is 4.44. The predicted molar refractivity (Wildman–Crippen MR) is 51.6 cm³/mol. The second-order valence-electron chi connectivity index (χ2n) is 3.80. The summed E-state index contributed by atoms with van der Waals surface area (Å²) in [6.45, 7) is 7.26. The van der Waals surface area contributed by atoms with E-state index in [1.807, 2.05) is 20.8 Å². The van der Waals surface area contributed by atoms with Crippen LogP contribution < -0.4 is 10.6 Å². The maximum Gasteiger partial charge on any atom is 0.320 e. The zero-order valence-corrected chi connectivity index (χ0v) is 8.89. The molecule has 0 aromatic carbocycles. The van der Waals surface area contributed by atoms with Crippen molar-refractivity contribution >= 4 is 5.97 Å². The Balaban J connectivity index is 3.41. The lowest BCUT2D eigenvalue weighted by atomic mass is 10.2. The van der Waals surface area contributed by atoms with Crippen molar-refractivity contribution in [1.29, 1.82) is 0 Å². The van der Waals surface area contributed by atoms with E-state index in [4.69, 9.17) is 4.74 Å². The predicted octanol–water partition coefficient (Wildman–Crippen LogP) is 0.152. The quantitative estimate of drug-likeness (QED) is 0.492. The average Bonchev–Trinajstić information content (AvgIpc) is 1.94. The number of carbonyl (C=O) groups is 1. The van der Waals surface area contributed by atoms with E-state index in [0.717, 1.165) is 13.1 Å². The number of hydrogen-bond acceptors (Lipinski definition) is 3. The van der Waals surface area contributed by atoms with Gasteiger partial charge in [-0.2, -0.15) is 0 Å². The Bertz CT molecular complexity index is 152. The minimum absolute atomic E-state index is 0.219. The smallest absolute Gasteiger partial charge is 0.320 e. The van der Waals surface area contributed by atoms with Gasteiger partial charge in [-0.15, -0.1) is 0 Å². The van der Waals surface area contributed by atoms with Crippen molar-refractivity contribution in [3.05, 3.63) is 0 Å². The molecular weight excluding hydrogens is 168 g/mol. The molecule has 0 aliphatic carbocycles. The standard InChI is InChI=1S/C9H19N2O2/c1-9(2,3)13-8(12)7-11-6-5-10-4/h11H,5-7H2,1-4H3. The number of ether oxygens (including phenoxy) is 1. The van der Waals surface area contributed by atoms with Gasteiger partial charge in [-0.1, -0.05) is 0 Å². The van der Waals surface area contributed by atoms with Crippen LogP contribution in [0, 0.1) is 0 Å². The summed E-state index contributed by atoms with van der Waals surface area (Å²) in [5.74, 6) is -0.219. The molecule has 0 aromatic rings. The van der Waals surface area contributed by atoms with E-state index in [1.54, 1.807) is 7.05 Å². The van der Waals surface area contributed by atoms with Crippen LogP contribution in [-0.4, -0.2) is 38.3 Å². The fourth-order valence-corrected chi connectivity index (χ4v) is 0.759. The molecule has 1 radical (unpaired) electrons. The first-order valence-electron chi connectivity index (χ1n) is 4.44. The number of carbonyl (C=O) groups excluding carboxylic acids is 1. The van der Waals surface area contributed by atoms with E-state index < -0.39 is 5.60 Å². The van der Waals surface area contributed by atoms with Crippen LogP contribution in [0.1, 0.15) is 20.8 Å². The molecule has 0 aliphatic rings. The fourth-order valence-electron chi connectivity index (χ4n) is 0.759. The highest BCUT2D eigenvalue weighted by atomic mass is 16.6. The Hall–Kier alpha value is -0.610. The largest absolute Gasteiger partial charge is 0.459 e. The molecule has 0 saturated carbocycles. The van der Waals surface area contributed by atoms with Crippen LogP contribution in [0.3, 0.4) is 0 Å². The summed E-state index contributed by atoms with van der Waals surface area (Å²) in [6.07, 6.45) is 0. The summed E-state index contributed by atoms with van der Waals surface area (Å²) >= 11 is 0. The molecule has 0 unspecified atom stereocenters. The monoisotopic (exact) mass is 187 g/mol. The number of nitrogens with one attached hydrogen (secondary N) is 1. The molecule has 0 fully saturated rings. The van der Waals surface area contributed by atoms with Crippen molar-refractivity contribution in [1.82, 2.24) is 10.6 Å². The second-order valence-corrected chi connectivity index (χ2v) is 3.80. The zero-order chi connectivity index (χ0) is 10.3. The molecule has 4 nitrogen and oxygen atoms in total. The van der Waals surface area contributed by atoms with Crippen LogP contribution in [0.4, 0.5) is 0 Å². The van der Waals surface area contributed by atoms with E-state index in [9.17, 15) is 4.79 Å². The Morgan fingerprint density at radius 3 is 2.54 bits per heavy atom. The molecule has 0 aromatic heterocycles. The van der Waals surface area contributed by atoms with Crippen LogP contribution in [0.25, 0.3) is 0 Å². The number of esters is 1. The van der Waals surface area contributed by atoms with Crippen molar-refractivity contribution in [3.8, 4) is 0 Å². The number of hydrogen-bond donors (Lipinski definition) is 1. The van der Waals surface area contributed by atoms with Crippen molar-refractivity contribution in [2.24, 2.45) is 0 Å². The van der Waals surface area contributed by atoms with Gasteiger partial charge in [-0.3, -0.25) is 4.79 Å². The topological polar surface area (TPSA) is 52.4 Å². The Labute approximate surface area is 80.0 Å². The summed E-state index contributed by atoms with van der Waals surface area (Å²) in [6, 6.07) is 0. The van der Waals surface area contributed by atoms with E-state index in [0.29, 0.717) is 0 Å². The highest BCUT2D eigenvalue weighted by molar-refractivity contribution is 5.72. The molecule has 1 N–H and O–H groups in total. The lowest BCUT2D eigenvalue weighted by Crippen LogP contribution is -2.33. The first kappa shape index (κ1) is 12.4. The van der Waals surface area contributed by atoms with Gasteiger partial charge in [0.1, 0.15) is 5.60 Å². The Morgan fingerprint density at radius 1 is 1.46 bits per heavy atom. The van der Waals surface area contributed by atoms with Crippen LogP contribution in [-0.2, 0) is 9.53 Å². The van der Waals surface area contributed by atoms with Gasteiger partial charge < -0.3 is 10.1 Å². The molecule has 0 bridgehead atoms. The second kappa shape index (κ2) is 5.94. The summed E-state index contributed by atoms with van der Waals surface area (Å²) in [4.78, 5) is 11.1. The lowest BCUT2D eigenvalue weighted by Gasteiger charge is -2.19. The van der Waals surface area contributed by atoms with Crippen LogP contribution in [0.5, 0.6) is 0 Å². The molecule has 0 spiro atoms. The summed E-state index contributed by atoms with van der Waals surface area (Å²) in [5, 5.41) is 6.83. The van der Waals surface area contributed by atoms with Crippen molar-refractivity contribution < 1.29 is 9.53 Å². The van der Waals surface area contributed by atoms with Gasteiger partial charge in [0.05, 0.1) is 6.54 Å². The van der Waals surface area contributed by atoms with E-state index in [-0.39, 0.29) is 12.5 Å². The third-order valence-corrected chi connectivity index (χ3v) is 1.20. The lowest BCUT2D eigenvalue weighted by molar-refractivity contribution is -0.153. The molecule has 0 atom stereocenters. The summed E-state index contributed by atoms with van der Waals surface area (Å²) in [7, 11) is 1.75. The summed E-state index contributed by atoms with van der Waals surface area (Å²) < 4.78 is 5.09. The third-order valence-electron chi connectivity index (χ3n) is 1.20. The third kappa shape index (κ3) is 9.30. The highest BCUT2D eigenvalue weighted by Gasteiger charge is 2.15. The van der Waals surface area contributed by atoms with Gasteiger partial charge in [0.25, 0.3) is 0 Å². The molecule has 0 saturated heterocycles. The minimum atomic E-state index is -0.395. The number of nitrogens with zero attached hydrogens (tertiary/aromatic N) is 1. The van der Waals surface area contributed by atoms with Gasteiger partial charge in [0.15, 0.2) is 0 Å². The number of likely N-dealkylation sites (N-methyl/N-ethyl adjacent to an activating group) is 1. The molecule has 13 heavy (non-hydrogen) atoms. The zero-order valence-electron chi connectivity index (χ0n) is 8.89. The van der Waals surface area contributed by atoms with E-state index >= 15 is 0 Å². The molecule has 77 valence electrons. The van der Waals surface area contributed by atoms with Crippen molar-refractivity contribution in [3.63, 3.8) is 0 Å². The van der Waals surface area contributed by atoms with Crippen LogP contribution in [0.2, 0.25) is 0 Å². The van der Waals surface area contributed by atoms with E-state index in [2.05, 4.69) is 10.6 Å². The maximum atomic E-state index is 11.1. The average molecular weight is 187 g/mol. The van der Waals surface area contributed by atoms with E-state index in [1.165, 1.54) is 0 Å². The molecule has 4 heteroatoms. The maximum absolute atomic E-state index is 11.1. The van der Waals surface area contributed by atoms with Crippen molar-refractivity contribution in [2.75, 3.05) is 26.7 Å². The SMILES string of the molecule is C[N]CCNCC(=O)OC(C)(C)C. The van der Waals surface area contributed by atoms with Gasteiger partial charge in [0.2, 0.25) is 0 Å². The Morgan fingerprint density at radius 2 is 2.08 bits per heavy atom. The highest BCUT2D eigenvalue weighted by Crippen LogP contribution is 2.05. The van der Waals surface area contributed by atoms with Gasteiger partial charge in [-0.05, 0) is 20.8 Å². The summed E-state index contributed by atoms with van der Waals surface area (Å²) in [5.41, 5.74) is -0.395. The van der Waals surface area contributed by atoms with Gasteiger partial charge in [-0.25, -0.2) is 5.32 Å². The minimum Gasteiger partial charge on any atom is -0.459 e. The van der Waals surface area contributed by atoms with Crippen LogP contribution >= 0.6 is 0 Å². The Kier molecular flexibility index (Phi) is 5.66. The first-order chi connectivity index (χ1) is 5.95. The molecular formula is C9H19N2O2. The fraction of sp³-hybridized carbons (Fsp3) is 0.889. The van der Waals surface area contributed by atoms with Crippen molar-refractivity contribution in [2.45, 2.75) is 26.4 Å². The van der Waals surface area contributed by atoms with Crippen LogP contribution in [0.15, 0.2) is 0 Å².